The summed E-state index contributed by atoms with van der Waals surface area (Å²) >= 11 is 0. The van der Waals surface area contributed by atoms with E-state index in [1.54, 1.807) is 36.4 Å². The minimum Gasteiger partial charge on any atom is -0.357 e. The standard InChI is InChI=1S/C19H21N5O5/c1-20-17(25)16(18(26)23-29)24(2)19(27)14-5-3-12(4-6-14)13-7-9-15(10-8-13)21-11-22-28/h3-11,16,28-29H,1-2H3,(H,20,25)(H,21,22)(H,23,26). The molecule has 2 aromatic rings. The zero-order chi connectivity index (χ0) is 21.4. The fourth-order valence-corrected chi connectivity index (χ4v) is 2.64. The Morgan fingerprint density at radius 2 is 1.52 bits per heavy atom. The highest BCUT2D eigenvalue weighted by Crippen LogP contribution is 2.23. The first-order valence-electron chi connectivity index (χ1n) is 8.48. The lowest BCUT2D eigenvalue weighted by atomic mass is 10.0. The van der Waals surface area contributed by atoms with E-state index in [0.717, 1.165) is 22.4 Å². The third-order valence-corrected chi connectivity index (χ3v) is 4.16. The van der Waals surface area contributed by atoms with E-state index in [1.165, 1.54) is 19.6 Å². The molecule has 0 saturated carbocycles. The summed E-state index contributed by atoms with van der Waals surface area (Å²) < 4.78 is 0. The van der Waals surface area contributed by atoms with Crippen molar-refractivity contribution in [2.24, 2.45) is 4.99 Å². The van der Waals surface area contributed by atoms with Crippen LogP contribution >= 0.6 is 0 Å². The van der Waals surface area contributed by atoms with Gasteiger partial charge in [-0.25, -0.2) is 10.5 Å². The molecule has 0 heterocycles. The number of carbonyl (C=O) groups is 3. The van der Waals surface area contributed by atoms with Crippen molar-refractivity contribution < 1.29 is 24.8 Å². The van der Waals surface area contributed by atoms with E-state index in [-0.39, 0.29) is 5.56 Å². The molecule has 0 spiro atoms. The average molecular weight is 399 g/mol. The quantitative estimate of drug-likeness (QED) is 0.152. The number of hydrogen-bond donors (Lipinski definition) is 5. The van der Waals surface area contributed by atoms with Gasteiger partial charge in [-0.05, 0) is 35.4 Å². The van der Waals surface area contributed by atoms with Gasteiger partial charge in [0.2, 0.25) is 0 Å². The molecule has 3 amide bonds. The van der Waals surface area contributed by atoms with Crippen LogP contribution in [-0.4, -0.2) is 59.5 Å². The Morgan fingerprint density at radius 3 is 2.00 bits per heavy atom. The molecule has 152 valence electrons. The highest BCUT2D eigenvalue weighted by atomic mass is 16.5. The minimum atomic E-state index is -1.52. The molecule has 0 aliphatic heterocycles. The highest BCUT2D eigenvalue weighted by molar-refractivity contribution is 6.08. The third kappa shape index (κ3) is 5.15. The Kier molecular flexibility index (Phi) is 7.40. The van der Waals surface area contributed by atoms with Crippen molar-refractivity contribution in [3.8, 4) is 11.1 Å². The largest absolute Gasteiger partial charge is 0.357 e. The Morgan fingerprint density at radius 1 is 0.966 bits per heavy atom. The fourth-order valence-electron chi connectivity index (χ4n) is 2.64. The van der Waals surface area contributed by atoms with Crippen molar-refractivity contribution >= 4 is 29.7 Å². The summed E-state index contributed by atoms with van der Waals surface area (Å²) in [7, 11) is 2.62. The molecule has 10 nitrogen and oxygen atoms in total. The SMILES string of the molecule is CNC(=O)C(C(=O)NO)N(C)C(=O)c1ccc(-c2ccc(/N=C/NO)cc2)cc1. The highest BCUT2D eigenvalue weighted by Gasteiger charge is 2.33. The molecule has 2 rings (SSSR count). The minimum absolute atomic E-state index is 0.270. The van der Waals surface area contributed by atoms with Crippen molar-refractivity contribution in [1.29, 1.82) is 0 Å². The Balaban J connectivity index is 2.20. The maximum atomic E-state index is 12.7. The van der Waals surface area contributed by atoms with E-state index < -0.39 is 23.8 Å². The zero-order valence-corrected chi connectivity index (χ0v) is 15.8. The van der Waals surface area contributed by atoms with E-state index in [4.69, 9.17) is 10.4 Å². The van der Waals surface area contributed by atoms with Crippen LogP contribution in [-0.2, 0) is 9.59 Å². The molecule has 0 fully saturated rings. The Bertz CT molecular complexity index is 880. The topological polar surface area (TPSA) is 143 Å². The summed E-state index contributed by atoms with van der Waals surface area (Å²) in [6.45, 7) is 0. The zero-order valence-electron chi connectivity index (χ0n) is 15.8. The molecule has 0 radical (unpaired) electrons. The number of rotatable bonds is 7. The number of hydrogen-bond acceptors (Lipinski definition) is 6. The van der Waals surface area contributed by atoms with Gasteiger partial charge in [-0.15, -0.1) is 0 Å². The summed E-state index contributed by atoms with van der Waals surface area (Å²) in [6.07, 6.45) is 1.15. The lowest BCUT2D eigenvalue weighted by Crippen LogP contribution is -2.54. The van der Waals surface area contributed by atoms with Crippen LogP contribution in [0.5, 0.6) is 0 Å². The van der Waals surface area contributed by atoms with Gasteiger partial charge >= 0.3 is 0 Å². The van der Waals surface area contributed by atoms with Crippen LogP contribution in [0.1, 0.15) is 10.4 Å². The van der Waals surface area contributed by atoms with Crippen LogP contribution in [0, 0.1) is 0 Å². The third-order valence-electron chi connectivity index (χ3n) is 4.16. The van der Waals surface area contributed by atoms with E-state index in [9.17, 15) is 14.4 Å². The molecular weight excluding hydrogens is 378 g/mol. The van der Waals surface area contributed by atoms with Crippen LogP contribution in [0.25, 0.3) is 11.1 Å². The monoisotopic (exact) mass is 399 g/mol. The second kappa shape index (κ2) is 9.97. The van der Waals surface area contributed by atoms with Crippen LogP contribution in [0.3, 0.4) is 0 Å². The Hall–Kier alpha value is -3.76. The van der Waals surface area contributed by atoms with Crippen molar-refractivity contribution in [2.45, 2.75) is 6.04 Å². The predicted molar refractivity (Wildman–Crippen MR) is 105 cm³/mol. The molecule has 0 aromatic heterocycles. The maximum Gasteiger partial charge on any atom is 0.275 e. The van der Waals surface area contributed by atoms with Crippen molar-refractivity contribution in [2.75, 3.05) is 14.1 Å². The smallest absolute Gasteiger partial charge is 0.275 e. The lowest BCUT2D eigenvalue weighted by Gasteiger charge is -2.25. The molecule has 2 aromatic carbocycles. The van der Waals surface area contributed by atoms with Crippen LogP contribution < -0.4 is 16.3 Å². The molecular formula is C19H21N5O5. The van der Waals surface area contributed by atoms with E-state index in [2.05, 4.69) is 10.3 Å². The van der Waals surface area contributed by atoms with Crippen molar-refractivity contribution in [3.63, 3.8) is 0 Å². The summed E-state index contributed by atoms with van der Waals surface area (Å²) in [4.78, 5) is 41.3. The molecule has 5 N–H and O–H groups in total. The number of likely N-dealkylation sites (N-methyl/N-ethyl adjacent to an activating group) is 2. The second-order valence-corrected chi connectivity index (χ2v) is 5.92. The van der Waals surface area contributed by atoms with Crippen LogP contribution in [0.15, 0.2) is 53.5 Å². The molecule has 29 heavy (non-hydrogen) atoms. The number of amides is 3. The summed E-state index contributed by atoms with van der Waals surface area (Å²) in [5.41, 5.74) is 5.86. The van der Waals surface area contributed by atoms with Crippen molar-refractivity contribution in [3.05, 3.63) is 54.1 Å². The first-order chi connectivity index (χ1) is 13.9. The van der Waals surface area contributed by atoms with Crippen LogP contribution in [0.4, 0.5) is 5.69 Å². The van der Waals surface area contributed by atoms with E-state index >= 15 is 0 Å². The van der Waals surface area contributed by atoms with Gasteiger partial charge in [0.05, 0.1) is 5.69 Å². The number of hydroxylamine groups is 2. The van der Waals surface area contributed by atoms with Gasteiger partial charge < -0.3 is 10.2 Å². The first-order valence-corrected chi connectivity index (χ1v) is 8.48. The summed E-state index contributed by atoms with van der Waals surface area (Å²) in [6, 6.07) is 12.3. The molecule has 0 aliphatic carbocycles. The number of carbonyl (C=O) groups excluding carboxylic acids is 3. The molecule has 0 aliphatic rings. The number of nitrogens with one attached hydrogen (secondary N) is 3. The molecule has 1 unspecified atom stereocenters. The number of aliphatic imine (C=N–C) groups is 1. The van der Waals surface area contributed by atoms with E-state index in [0.29, 0.717) is 5.69 Å². The summed E-state index contributed by atoms with van der Waals surface area (Å²) in [5, 5.41) is 19.6. The Labute approximate surface area is 166 Å². The van der Waals surface area contributed by atoms with Gasteiger partial charge in [0, 0.05) is 19.7 Å². The van der Waals surface area contributed by atoms with Gasteiger partial charge in [-0.2, -0.15) is 0 Å². The summed E-state index contributed by atoms with van der Waals surface area (Å²) in [5.74, 6) is -2.31. The first kappa shape index (κ1) is 21.5. The fraction of sp³-hybridized carbons (Fsp3) is 0.158. The van der Waals surface area contributed by atoms with Gasteiger partial charge in [-0.1, -0.05) is 24.3 Å². The second-order valence-electron chi connectivity index (χ2n) is 5.92. The van der Waals surface area contributed by atoms with Gasteiger partial charge in [0.25, 0.3) is 17.7 Å². The number of nitrogens with zero attached hydrogens (tertiary/aromatic N) is 2. The normalized spacial score (nSPS) is 11.6. The van der Waals surface area contributed by atoms with Gasteiger partial charge in [0.1, 0.15) is 6.34 Å². The predicted octanol–water partition coefficient (Wildman–Crippen LogP) is 0.684. The number of benzene rings is 2. The molecule has 0 bridgehead atoms. The van der Waals surface area contributed by atoms with Crippen LogP contribution in [0.2, 0.25) is 0 Å². The molecule has 1 atom stereocenters. The lowest BCUT2D eigenvalue weighted by molar-refractivity contribution is -0.140. The van der Waals surface area contributed by atoms with E-state index in [1.807, 2.05) is 17.6 Å². The molecule has 10 heteroatoms. The molecule has 0 saturated heterocycles. The average Bonchev–Trinajstić information content (AvgIpc) is 2.77. The van der Waals surface area contributed by atoms with Crippen molar-refractivity contribution in [1.82, 2.24) is 21.2 Å². The maximum absolute atomic E-state index is 12.7. The van der Waals surface area contributed by atoms with Gasteiger partial charge in [0.15, 0.2) is 6.04 Å². The van der Waals surface area contributed by atoms with Gasteiger partial charge in [-0.3, -0.25) is 30.3 Å².